The molecule has 1 aromatic carbocycles. The van der Waals surface area contributed by atoms with Crippen molar-refractivity contribution < 1.29 is 13.9 Å². The van der Waals surface area contributed by atoms with Crippen LogP contribution in [0.1, 0.15) is 28.0 Å². The number of aromatic amines is 1. The van der Waals surface area contributed by atoms with Crippen LogP contribution in [0.5, 0.6) is 0 Å². The van der Waals surface area contributed by atoms with Crippen molar-refractivity contribution >= 4 is 17.5 Å². The van der Waals surface area contributed by atoms with Gasteiger partial charge in [0.2, 0.25) is 0 Å². The highest BCUT2D eigenvalue weighted by Crippen LogP contribution is 2.22. The Morgan fingerprint density at radius 1 is 1.55 bits per heavy atom. The lowest BCUT2D eigenvalue weighted by atomic mass is 10.1. The summed E-state index contributed by atoms with van der Waals surface area (Å²) in [4.78, 5) is 21.5. The van der Waals surface area contributed by atoms with Gasteiger partial charge < -0.3 is 14.6 Å². The van der Waals surface area contributed by atoms with Crippen molar-refractivity contribution in [2.24, 2.45) is 0 Å². The van der Waals surface area contributed by atoms with Crippen LogP contribution in [0, 0.1) is 12.7 Å². The summed E-state index contributed by atoms with van der Waals surface area (Å²) in [5.41, 5.74) is 1.30. The second-order valence-corrected chi connectivity index (χ2v) is 5.60. The monoisotopic (exact) mass is 323 g/mol. The van der Waals surface area contributed by atoms with Gasteiger partial charge in [-0.15, -0.1) is 0 Å². The van der Waals surface area contributed by atoms with Gasteiger partial charge in [-0.3, -0.25) is 4.79 Å². The standard InChI is InChI=1S/C15H15ClFN3O2/c1-9-7-18-14(19-9)13-8-20(4-5-22-13)15(21)10-2-3-12(17)11(16)6-10/h2-3,6-7,13H,4-5,8H2,1H3,(H,18,19)/t13-/m0/s1. The zero-order chi connectivity index (χ0) is 15.7. The molecule has 0 aliphatic carbocycles. The summed E-state index contributed by atoms with van der Waals surface area (Å²) < 4.78 is 18.9. The summed E-state index contributed by atoms with van der Waals surface area (Å²) in [7, 11) is 0. The molecular weight excluding hydrogens is 309 g/mol. The molecule has 1 N–H and O–H groups in total. The zero-order valence-corrected chi connectivity index (χ0v) is 12.7. The molecular formula is C15H15ClFN3O2. The summed E-state index contributed by atoms with van der Waals surface area (Å²) >= 11 is 5.74. The number of morpholine rings is 1. The van der Waals surface area contributed by atoms with E-state index in [0.717, 1.165) is 5.69 Å². The van der Waals surface area contributed by atoms with E-state index < -0.39 is 5.82 Å². The fourth-order valence-electron chi connectivity index (χ4n) is 2.41. The minimum absolute atomic E-state index is 0.0580. The average molecular weight is 324 g/mol. The molecule has 7 heteroatoms. The number of nitrogens with one attached hydrogen (secondary N) is 1. The number of amides is 1. The van der Waals surface area contributed by atoms with Crippen LogP contribution in [0.15, 0.2) is 24.4 Å². The highest BCUT2D eigenvalue weighted by molar-refractivity contribution is 6.31. The van der Waals surface area contributed by atoms with E-state index in [-0.39, 0.29) is 17.0 Å². The number of imidazole rings is 1. The first-order valence-electron chi connectivity index (χ1n) is 6.92. The number of rotatable bonds is 2. The van der Waals surface area contributed by atoms with E-state index in [0.29, 0.717) is 31.1 Å². The molecule has 0 bridgehead atoms. The Morgan fingerprint density at radius 3 is 3.05 bits per heavy atom. The number of benzene rings is 1. The van der Waals surface area contributed by atoms with E-state index in [2.05, 4.69) is 9.97 Å². The van der Waals surface area contributed by atoms with Crippen LogP contribution in [0.3, 0.4) is 0 Å². The Labute approximate surface area is 132 Å². The molecule has 1 aliphatic heterocycles. The zero-order valence-electron chi connectivity index (χ0n) is 12.0. The van der Waals surface area contributed by atoms with Crippen LogP contribution in [-0.2, 0) is 4.74 Å². The van der Waals surface area contributed by atoms with Gasteiger partial charge in [-0.2, -0.15) is 0 Å². The molecule has 1 amide bonds. The first kappa shape index (κ1) is 15.0. The molecule has 0 radical (unpaired) electrons. The third-order valence-corrected chi connectivity index (χ3v) is 3.84. The van der Waals surface area contributed by atoms with Crippen molar-refractivity contribution in [1.82, 2.24) is 14.9 Å². The number of aromatic nitrogens is 2. The maximum Gasteiger partial charge on any atom is 0.254 e. The predicted octanol–water partition coefficient (Wildman–Crippen LogP) is 2.72. The maximum atomic E-state index is 13.2. The topological polar surface area (TPSA) is 58.2 Å². The predicted molar refractivity (Wildman–Crippen MR) is 79.3 cm³/mol. The van der Waals surface area contributed by atoms with Gasteiger partial charge in [0.15, 0.2) is 0 Å². The molecule has 1 saturated heterocycles. The normalized spacial score (nSPS) is 18.5. The van der Waals surface area contributed by atoms with Crippen LogP contribution >= 0.6 is 11.6 Å². The van der Waals surface area contributed by atoms with E-state index in [1.807, 2.05) is 6.92 Å². The smallest absolute Gasteiger partial charge is 0.254 e. The minimum Gasteiger partial charge on any atom is -0.367 e. The van der Waals surface area contributed by atoms with Gasteiger partial charge in [-0.25, -0.2) is 9.37 Å². The van der Waals surface area contributed by atoms with Crippen molar-refractivity contribution in [3.63, 3.8) is 0 Å². The van der Waals surface area contributed by atoms with Crippen LogP contribution in [0.4, 0.5) is 4.39 Å². The van der Waals surface area contributed by atoms with Crippen LogP contribution in [-0.4, -0.2) is 40.5 Å². The highest BCUT2D eigenvalue weighted by atomic mass is 35.5. The molecule has 1 aromatic heterocycles. The number of carbonyl (C=O) groups is 1. The first-order valence-corrected chi connectivity index (χ1v) is 7.30. The molecule has 2 heterocycles. The Bertz CT molecular complexity index is 704. The largest absolute Gasteiger partial charge is 0.367 e. The van der Waals surface area contributed by atoms with Crippen molar-refractivity contribution in [1.29, 1.82) is 0 Å². The summed E-state index contributed by atoms with van der Waals surface area (Å²) in [6.07, 6.45) is 1.43. The average Bonchev–Trinajstić information content (AvgIpc) is 2.96. The van der Waals surface area contributed by atoms with Crippen molar-refractivity contribution in [3.8, 4) is 0 Å². The maximum absolute atomic E-state index is 13.2. The van der Waals surface area contributed by atoms with E-state index in [1.165, 1.54) is 18.2 Å². The second-order valence-electron chi connectivity index (χ2n) is 5.19. The number of halogens is 2. The second kappa shape index (κ2) is 6.06. The fourth-order valence-corrected chi connectivity index (χ4v) is 2.59. The summed E-state index contributed by atoms with van der Waals surface area (Å²) in [5, 5.41) is -0.0580. The molecule has 5 nitrogen and oxygen atoms in total. The number of hydrogen-bond donors (Lipinski definition) is 1. The first-order chi connectivity index (χ1) is 10.5. The molecule has 0 unspecified atom stereocenters. The third-order valence-electron chi connectivity index (χ3n) is 3.55. The number of H-pyrrole nitrogens is 1. The van der Waals surface area contributed by atoms with E-state index >= 15 is 0 Å². The van der Waals surface area contributed by atoms with E-state index in [1.54, 1.807) is 11.1 Å². The molecule has 1 atom stereocenters. The summed E-state index contributed by atoms with van der Waals surface area (Å²) in [5.74, 6) is -0.0326. The third kappa shape index (κ3) is 2.98. The minimum atomic E-state index is -0.538. The lowest BCUT2D eigenvalue weighted by molar-refractivity contribution is -0.0264. The number of nitrogens with zero attached hydrogens (tertiary/aromatic N) is 2. The highest BCUT2D eigenvalue weighted by Gasteiger charge is 2.28. The lowest BCUT2D eigenvalue weighted by Gasteiger charge is -2.32. The van der Waals surface area contributed by atoms with Crippen molar-refractivity contribution in [2.75, 3.05) is 19.7 Å². The Balaban J connectivity index is 1.76. The number of hydrogen-bond acceptors (Lipinski definition) is 3. The molecule has 2 aromatic rings. The SMILES string of the molecule is Cc1cnc([C@@H]2CN(C(=O)c3ccc(F)c(Cl)c3)CCO2)[nH]1. The van der Waals surface area contributed by atoms with Crippen LogP contribution in [0.25, 0.3) is 0 Å². The van der Waals surface area contributed by atoms with Crippen LogP contribution < -0.4 is 0 Å². The van der Waals surface area contributed by atoms with Gasteiger partial charge in [0.25, 0.3) is 5.91 Å². The molecule has 0 spiro atoms. The molecule has 1 fully saturated rings. The molecule has 22 heavy (non-hydrogen) atoms. The Morgan fingerprint density at radius 2 is 2.36 bits per heavy atom. The summed E-state index contributed by atoms with van der Waals surface area (Å²) in [6, 6.07) is 3.98. The van der Waals surface area contributed by atoms with Gasteiger partial charge in [-0.1, -0.05) is 11.6 Å². The van der Waals surface area contributed by atoms with Gasteiger partial charge in [0.05, 0.1) is 18.2 Å². The molecule has 0 saturated carbocycles. The van der Waals surface area contributed by atoms with Gasteiger partial charge in [-0.05, 0) is 25.1 Å². The van der Waals surface area contributed by atoms with Gasteiger partial charge >= 0.3 is 0 Å². The number of aryl methyl sites for hydroxylation is 1. The van der Waals surface area contributed by atoms with Crippen LogP contribution in [0.2, 0.25) is 5.02 Å². The quantitative estimate of drug-likeness (QED) is 0.924. The van der Waals surface area contributed by atoms with Gasteiger partial charge in [0.1, 0.15) is 17.7 Å². The fraction of sp³-hybridized carbons (Fsp3) is 0.333. The molecule has 116 valence electrons. The number of ether oxygens (including phenoxy) is 1. The van der Waals surface area contributed by atoms with E-state index in [9.17, 15) is 9.18 Å². The van der Waals surface area contributed by atoms with E-state index in [4.69, 9.17) is 16.3 Å². The Hall–Kier alpha value is -1.92. The van der Waals surface area contributed by atoms with Crippen molar-refractivity contribution in [2.45, 2.75) is 13.0 Å². The molecule has 1 aliphatic rings. The Kier molecular flexibility index (Phi) is 4.13. The van der Waals surface area contributed by atoms with Crippen molar-refractivity contribution in [3.05, 3.63) is 52.3 Å². The lowest BCUT2D eigenvalue weighted by Crippen LogP contribution is -2.42. The molecule has 3 rings (SSSR count). The van der Waals surface area contributed by atoms with Gasteiger partial charge in [0, 0.05) is 24.0 Å². The number of carbonyl (C=O) groups excluding carboxylic acids is 1. The summed E-state index contributed by atoms with van der Waals surface area (Å²) in [6.45, 7) is 3.19.